The predicted molar refractivity (Wildman–Crippen MR) is 50.1 cm³/mol. The Morgan fingerprint density at radius 2 is 2.33 bits per heavy atom. The van der Waals surface area contributed by atoms with Gasteiger partial charge in [-0.15, -0.1) is 0 Å². The fraction of sp³-hybridized carbons (Fsp3) is 0.250. The Labute approximate surface area is 84.5 Å². The topological polar surface area (TPSA) is 87.0 Å². The quantitative estimate of drug-likeness (QED) is 0.548. The summed E-state index contributed by atoms with van der Waals surface area (Å²) in [6, 6.07) is 0. The van der Waals surface area contributed by atoms with Crippen LogP contribution >= 0.6 is 0 Å². The van der Waals surface area contributed by atoms with Gasteiger partial charge in [-0.1, -0.05) is 0 Å². The lowest BCUT2D eigenvalue weighted by Gasteiger charge is -1.88. The Bertz CT molecular complexity index is 514. The third kappa shape index (κ3) is 1.58. The molecule has 2 aromatic rings. The van der Waals surface area contributed by atoms with Crippen molar-refractivity contribution in [2.24, 2.45) is 7.05 Å². The Morgan fingerprint density at radius 1 is 1.60 bits per heavy atom. The second-order valence-electron chi connectivity index (χ2n) is 3.07. The number of hydrogen-bond donors (Lipinski definition) is 0. The Kier molecular flexibility index (Phi) is 2.00. The second-order valence-corrected chi connectivity index (χ2v) is 3.07. The molecule has 0 spiro atoms. The molecule has 0 aliphatic carbocycles. The van der Waals surface area contributed by atoms with E-state index in [-0.39, 0.29) is 17.3 Å². The SMILES string of the molecule is Cc1cnc(-c2nn(C)cc2[N+](=O)[O-])o1. The molecule has 7 heteroatoms. The molecule has 0 unspecified atom stereocenters. The first kappa shape index (κ1) is 9.38. The normalized spacial score (nSPS) is 10.5. The lowest BCUT2D eigenvalue weighted by atomic mass is 10.4. The average molecular weight is 208 g/mol. The predicted octanol–water partition coefficient (Wildman–Crippen LogP) is 1.29. The van der Waals surface area contributed by atoms with Crippen molar-refractivity contribution in [2.75, 3.05) is 0 Å². The molecule has 0 N–H and O–H groups in total. The van der Waals surface area contributed by atoms with Gasteiger partial charge in [-0.2, -0.15) is 5.10 Å². The summed E-state index contributed by atoms with van der Waals surface area (Å²) in [5.74, 6) is 0.754. The van der Waals surface area contributed by atoms with Gasteiger partial charge < -0.3 is 4.42 Å². The van der Waals surface area contributed by atoms with E-state index in [1.165, 1.54) is 17.1 Å². The van der Waals surface area contributed by atoms with Crippen LogP contribution in [0.1, 0.15) is 5.76 Å². The van der Waals surface area contributed by atoms with Crippen LogP contribution in [0.4, 0.5) is 5.69 Å². The van der Waals surface area contributed by atoms with Crippen molar-refractivity contribution in [3.8, 4) is 11.6 Å². The monoisotopic (exact) mass is 208 g/mol. The molecule has 2 aromatic heterocycles. The zero-order valence-electron chi connectivity index (χ0n) is 8.17. The second kappa shape index (κ2) is 3.19. The van der Waals surface area contributed by atoms with E-state index >= 15 is 0 Å². The van der Waals surface area contributed by atoms with Gasteiger partial charge in [-0.3, -0.25) is 14.8 Å². The van der Waals surface area contributed by atoms with Crippen LogP contribution in [0.5, 0.6) is 0 Å². The fourth-order valence-electron chi connectivity index (χ4n) is 1.23. The molecule has 78 valence electrons. The molecule has 0 radical (unpaired) electrons. The van der Waals surface area contributed by atoms with Crippen LogP contribution in [0, 0.1) is 17.0 Å². The van der Waals surface area contributed by atoms with Gasteiger partial charge in [0.2, 0.25) is 5.69 Å². The van der Waals surface area contributed by atoms with Gasteiger partial charge in [0.25, 0.3) is 5.89 Å². The maximum Gasteiger partial charge on any atom is 0.319 e. The highest BCUT2D eigenvalue weighted by Crippen LogP contribution is 2.27. The van der Waals surface area contributed by atoms with Gasteiger partial charge in [-0.05, 0) is 6.92 Å². The molecule has 0 aliphatic heterocycles. The van der Waals surface area contributed by atoms with Gasteiger partial charge in [0.1, 0.15) is 12.0 Å². The molecule has 15 heavy (non-hydrogen) atoms. The summed E-state index contributed by atoms with van der Waals surface area (Å²) in [6.07, 6.45) is 2.81. The Balaban J connectivity index is 2.56. The zero-order valence-corrected chi connectivity index (χ0v) is 8.17. The summed E-state index contributed by atoms with van der Waals surface area (Å²) >= 11 is 0. The minimum atomic E-state index is -0.512. The first-order valence-corrected chi connectivity index (χ1v) is 4.19. The van der Waals surface area contributed by atoms with Gasteiger partial charge in [-0.25, -0.2) is 4.98 Å². The van der Waals surface area contributed by atoms with E-state index in [9.17, 15) is 10.1 Å². The van der Waals surface area contributed by atoms with Crippen LogP contribution in [-0.2, 0) is 7.05 Å². The highest BCUT2D eigenvalue weighted by Gasteiger charge is 2.23. The number of oxazole rings is 1. The zero-order chi connectivity index (χ0) is 11.0. The van der Waals surface area contributed by atoms with Gasteiger partial charge in [0.15, 0.2) is 0 Å². The van der Waals surface area contributed by atoms with Crippen molar-refractivity contribution in [1.29, 1.82) is 0 Å². The van der Waals surface area contributed by atoms with Crippen LogP contribution in [0.25, 0.3) is 11.6 Å². The minimum Gasteiger partial charge on any atom is -0.440 e. The number of hydrogen-bond acceptors (Lipinski definition) is 5. The molecule has 0 amide bonds. The summed E-state index contributed by atoms with van der Waals surface area (Å²) in [7, 11) is 1.60. The summed E-state index contributed by atoms with van der Waals surface area (Å²) in [5, 5.41) is 14.6. The summed E-state index contributed by atoms with van der Waals surface area (Å²) in [4.78, 5) is 14.1. The van der Waals surface area contributed by atoms with E-state index in [2.05, 4.69) is 10.1 Å². The minimum absolute atomic E-state index is 0.112. The van der Waals surface area contributed by atoms with Gasteiger partial charge >= 0.3 is 5.69 Å². The van der Waals surface area contributed by atoms with Crippen LogP contribution in [0.15, 0.2) is 16.8 Å². The van der Waals surface area contributed by atoms with E-state index in [1.54, 1.807) is 14.0 Å². The van der Waals surface area contributed by atoms with Crippen LogP contribution in [0.2, 0.25) is 0 Å². The number of nitro groups is 1. The van der Waals surface area contributed by atoms with Crippen molar-refractivity contribution < 1.29 is 9.34 Å². The number of rotatable bonds is 2. The first-order valence-electron chi connectivity index (χ1n) is 4.19. The molecule has 7 nitrogen and oxygen atoms in total. The van der Waals surface area contributed by atoms with E-state index < -0.39 is 4.92 Å². The summed E-state index contributed by atoms with van der Waals surface area (Å²) in [6.45, 7) is 1.71. The first-order chi connectivity index (χ1) is 7.08. The van der Waals surface area contributed by atoms with Crippen molar-refractivity contribution in [1.82, 2.24) is 14.8 Å². The Morgan fingerprint density at radius 3 is 2.87 bits per heavy atom. The van der Waals surface area contributed by atoms with Gasteiger partial charge in [0, 0.05) is 7.05 Å². The van der Waals surface area contributed by atoms with E-state index in [4.69, 9.17) is 4.42 Å². The molecule has 0 saturated heterocycles. The number of aromatic nitrogens is 3. The van der Waals surface area contributed by atoms with E-state index in [0.29, 0.717) is 5.76 Å². The summed E-state index contributed by atoms with van der Waals surface area (Å²) < 4.78 is 6.54. The maximum atomic E-state index is 10.7. The van der Waals surface area contributed by atoms with Crippen molar-refractivity contribution in [3.63, 3.8) is 0 Å². The highest BCUT2D eigenvalue weighted by molar-refractivity contribution is 5.60. The lowest BCUT2D eigenvalue weighted by Crippen LogP contribution is -1.89. The van der Waals surface area contributed by atoms with E-state index in [1.807, 2.05) is 0 Å². The molecule has 0 fully saturated rings. The molecule has 0 aliphatic rings. The smallest absolute Gasteiger partial charge is 0.319 e. The highest BCUT2D eigenvalue weighted by atomic mass is 16.6. The number of aryl methyl sites for hydroxylation is 2. The summed E-state index contributed by atoms with van der Waals surface area (Å²) in [5.41, 5.74) is 0.0370. The molecule has 0 aromatic carbocycles. The lowest BCUT2D eigenvalue weighted by molar-refractivity contribution is -0.384. The average Bonchev–Trinajstić information content (AvgIpc) is 2.71. The fourth-order valence-corrected chi connectivity index (χ4v) is 1.23. The van der Waals surface area contributed by atoms with E-state index in [0.717, 1.165) is 0 Å². The maximum absolute atomic E-state index is 10.7. The third-order valence-electron chi connectivity index (χ3n) is 1.83. The molecular formula is C8H8N4O3. The molecular weight excluding hydrogens is 200 g/mol. The number of nitrogens with zero attached hydrogens (tertiary/aromatic N) is 4. The molecule has 2 heterocycles. The standard InChI is InChI=1S/C8H8N4O3/c1-5-3-9-8(15-5)7-6(12(13)14)4-11(2)10-7/h3-4H,1-2H3. The largest absolute Gasteiger partial charge is 0.440 e. The molecule has 0 atom stereocenters. The molecule has 0 bridgehead atoms. The Hall–Kier alpha value is -2.18. The van der Waals surface area contributed by atoms with Crippen LogP contribution in [0.3, 0.4) is 0 Å². The van der Waals surface area contributed by atoms with Crippen molar-refractivity contribution >= 4 is 5.69 Å². The van der Waals surface area contributed by atoms with Gasteiger partial charge in [0.05, 0.1) is 11.1 Å². The third-order valence-corrected chi connectivity index (χ3v) is 1.83. The van der Waals surface area contributed by atoms with Crippen LogP contribution < -0.4 is 0 Å². The van der Waals surface area contributed by atoms with Crippen molar-refractivity contribution in [3.05, 3.63) is 28.3 Å². The van der Waals surface area contributed by atoms with Crippen molar-refractivity contribution in [2.45, 2.75) is 6.92 Å². The molecule has 2 rings (SSSR count). The molecule has 0 saturated carbocycles. The van der Waals surface area contributed by atoms with Crippen LogP contribution in [-0.4, -0.2) is 19.7 Å².